The number of barbiturate groups is 1. The van der Waals surface area contributed by atoms with Gasteiger partial charge in [-0.25, -0.2) is 4.79 Å². The molecule has 7 nitrogen and oxygen atoms in total. The van der Waals surface area contributed by atoms with Crippen molar-refractivity contribution in [1.29, 1.82) is 0 Å². The molecule has 2 aliphatic heterocycles. The summed E-state index contributed by atoms with van der Waals surface area (Å²) in [6.45, 7) is 2.65. The van der Waals surface area contributed by atoms with Gasteiger partial charge in [0.15, 0.2) is 5.75 Å². The van der Waals surface area contributed by atoms with Crippen LogP contribution in [0.5, 0.6) is 5.75 Å². The minimum absolute atomic E-state index is 0.0808. The number of hydrogen-bond donors (Lipinski definition) is 0. The van der Waals surface area contributed by atoms with Gasteiger partial charge in [-0.05, 0) is 31.2 Å². The van der Waals surface area contributed by atoms with Crippen LogP contribution in [0.15, 0.2) is 47.9 Å². The number of ether oxygens (including phenoxy) is 1. The molecule has 2 heterocycles. The van der Waals surface area contributed by atoms with Gasteiger partial charge in [-0.2, -0.15) is 0 Å². The Morgan fingerprint density at radius 1 is 1.00 bits per heavy atom. The van der Waals surface area contributed by atoms with Gasteiger partial charge in [0.05, 0.1) is 5.69 Å². The van der Waals surface area contributed by atoms with E-state index in [1.807, 2.05) is 36.1 Å². The first-order chi connectivity index (χ1) is 11.5. The number of anilines is 1. The molecule has 2 aliphatic rings. The summed E-state index contributed by atoms with van der Waals surface area (Å²) >= 11 is 0. The van der Waals surface area contributed by atoms with Crippen LogP contribution in [0.3, 0.4) is 0 Å². The number of nitrogens with zero attached hydrogens (tertiary/aromatic N) is 3. The summed E-state index contributed by atoms with van der Waals surface area (Å²) in [4.78, 5) is 39.8. The average molecular weight is 327 g/mol. The first kappa shape index (κ1) is 15.8. The molecule has 0 radical (unpaired) electrons. The zero-order valence-corrected chi connectivity index (χ0v) is 13.6. The first-order valence-electron chi connectivity index (χ1n) is 7.52. The van der Waals surface area contributed by atoms with Gasteiger partial charge >= 0.3 is 6.03 Å². The minimum Gasteiger partial charge on any atom is -0.439 e. The number of para-hydroxylation sites is 2. The SMILES string of the molecule is CCN1/C(=C\C=C2C(=O)N(C)C(=O)N(C)C2=O)Oc2ccccc21. The fraction of sp³-hybridized carbons (Fsp3) is 0.235. The van der Waals surface area contributed by atoms with Crippen molar-refractivity contribution in [2.24, 2.45) is 0 Å². The smallest absolute Gasteiger partial charge is 0.333 e. The van der Waals surface area contributed by atoms with Crippen molar-refractivity contribution in [2.75, 3.05) is 25.5 Å². The minimum atomic E-state index is -0.644. The normalized spacial score (nSPS) is 19.1. The second-order valence-electron chi connectivity index (χ2n) is 5.41. The molecule has 1 saturated heterocycles. The molecule has 0 bridgehead atoms. The van der Waals surface area contributed by atoms with Crippen LogP contribution < -0.4 is 9.64 Å². The maximum Gasteiger partial charge on any atom is 0.333 e. The summed E-state index contributed by atoms with van der Waals surface area (Å²) in [7, 11) is 2.68. The van der Waals surface area contributed by atoms with Gasteiger partial charge < -0.3 is 9.64 Å². The van der Waals surface area contributed by atoms with Crippen molar-refractivity contribution >= 4 is 23.5 Å². The Hall–Kier alpha value is -3.09. The van der Waals surface area contributed by atoms with Crippen LogP contribution in [0.4, 0.5) is 10.5 Å². The lowest BCUT2D eigenvalue weighted by molar-refractivity contribution is -0.134. The summed E-state index contributed by atoms with van der Waals surface area (Å²) in [5, 5.41) is 0. The molecular weight excluding hydrogens is 310 g/mol. The van der Waals surface area contributed by atoms with E-state index >= 15 is 0 Å². The van der Waals surface area contributed by atoms with Crippen LogP contribution in [-0.2, 0) is 9.59 Å². The number of urea groups is 1. The average Bonchev–Trinajstić information content (AvgIpc) is 2.95. The number of benzene rings is 1. The second-order valence-corrected chi connectivity index (χ2v) is 5.41. The van der Waals surface area contributed by atoms with Crippen LogP contribution in [-0.4, -0.2) is 48.3 Å². The van der Waals surface area contributed by atoms with E-state index in [1.54, 1.807) is 6.08 Å². The van der Waals surface area contributed by atoms with E-state index in [4.69, 9.17) is 4.74 Å². The number of rotatable bonds is 2. The molecule has 0 unspecified atom stereocenters. The monoisotopic (exact) mass is 327 g/mol. The number of fused-ring (bicyclic) bond motifs is 1. The summed E-state index contributed by atoms with van der Waals surface area (Å²) in [6.07, 6.45) is 2.97. The van der Waals surface area contributed by atoms with E-state index in [2.05, 4.69) is 0 Å². The van der Waals surface area contributed by atoms with Gasteiger partial charge in [0.25, 0.3) is 11.8 Å². The molecule has 3 rings (SSSR count). The molecule has 0 saturated carbocycles. The van der Waals surface area contributed by atoms with Crippen molar-refractivity contribution in [2.45, 2.75) is 6.92 Å². The molecule has 0 N–H and O–H groups in total. The van der Waals surface area contributed by atoms with Gasteiger partial charge in [0.2, 0.25) is 5.88 Å². The number of imide groups is 2. The van der Waals surface area contributed by atoms with Crippen LogP contribution in [0.1, 0.15) is 6.92 Å². The first-order valence-corrected chi connectivity index (χ1v) is 7.52. The highest BCUT2D eigenvalue weighted by molar-refractivity contribution is 6.28. The number of likely N-dealkylation sites (N-methyl/N-ethyl adjacent to an activating group) is 2. The summed E-state index contributed by atoms with van der Waals surface area (Å²) in [5.41, 5.74) is 0.845. The fourth-order valence-corrected chi connectivity index (χ4v) is 2.65. The van der Waals surface area contributed by atoms with Crippen molar-refractivity contribution in [3.05, 3.63) is 47.9 Å². The zero-order chi connectivity index (χ0) is 17.4. The molecule has 1 aromatic carbocycles. The van der Waals surface area contributed by atoms with Crippen LogP contribution in [0.25, 0.3) is 0 Å². The summed E-state index contributed by atoms with van der Waals surface area (Å²) in [6, 6.07) is 6.93. The molecule has 0 spiro atoms. The lowest BCUT2D eigenvalue weighted by Crippen LogP contribution is -2.53. The second kappa shape index (κ2) is 5.84. The predicted octanol–water partition coefficient (Wildman–Crippen LogP) is 1.72. The molecule has 0 aliphatic carbocycles. The third-order valence-corrected chi connectivity index (χ3v) is 3.99. The molecule has 0 aromatic heterocycles. The number of carbonyl (C=O) groups is 3. The lowest BCUT2D eigenvalue weighted by atomic mass is 10.1. The largest absolute Gasteiger partial charge is 0.439 e. The Kier molecular flexibility index (Phi) is 3.84. The highest BCUT2D eigenvalue weighted by atomic mass is 16.5. The third-order valence-electron chi connectivity index (χ3n) is 3.99. The van der Waals surface area contributed by atoms with E-state index in [9.17, 15) is 14.4 Å². The van der Waals surface area contributed by atoms with Gasteiger partial charge in [-0.1, -0.05) is 12.1 Å². The molecule has 1 fully saturated rings. The van der Waals surface area contributed by atoms with Crippen molar-refractivity contribution in [1.82, 2.24) is 9.80 Å². The van der Waals surface area contributed by atoms with Gasteiger partial charge in [0, 0.05) is 20.6 Å². The predicted molar refractivity (Wildman–Crippen MR) is 87.2 cm³/mol. The topological polar surface area (TPSA) is 70.2 Å². The van der Waals surface area contributed by atoms with E-state index < -0.39 is 17.8 Å². The van der Waals surface area contributed by atoms with Gasteiger partial charge in [-0.3, -0.25) is 19.4 Å². The van der Waals surface area contributed by atoms with E-state index in [0.29, 0.717) is 12.4 Å². The van der Waals surface area contributed by atoms with Gasteiger partial charge in [0.1, 0.15) is 5.57 Å². The number of carbonyl (C=O) groups excluding carboxylic acids is 3. The maximum atomic E-state index is 12.2. The number of amides is 4. The summed E-state index contributed by atoms with van der Waals surface area (Å²) < 4.78 is 5.77. The Morgan fingerprint density at radius 2 is 1.62 bits per heavy atom. The number of hydrogen-bond acceptors (Lipinski definition) is 5. The fourth-order valence-electron chi connectivity index (χ4n) is 2.65. The molecular formula is C17H17N3O4. The standard InChI is InChI=1S/C17H17N3O4/c1-4-20-12-7-5-6-8-13(12)24-14(20)10-9-11-15(21)18(2)17(23)19(3)16(11)22/h5-10H,4H2,1-3H3/b14-10+. The molecule has 1 aromatic rings. The molecule has 7 heteroatoms. The summed E-state index contributed by atoms with van der Waals surface area (Å²) in [5.74, 6) is -0.0132. The van der Waals surface area contributed by atoms with Crippen LogP contribution >= 0.6 is 0 Å². The Labute approximate surface area is 139 Å². The van der Waals surface area contributed by atoms with Crippen LogP contribution in [0.2, 0.25) is 0 Å². The molecule has 24 heavy (non-hydrogen) atoms. The van der Waals surface area contributed by atoms with Crippen molar-refractivity contribution in [3.8, 4) is 5.75 Å². The zero-order valence-electron chi connectivity index (χ0n) is 13.6. The third kappa shape index (κ3) is 2.34. The number of allylic oxidation sites excluding steroid dienone is 2. The molecule has 4 amide bonds. The highest BCUT2D eigenvalue weighted by Gasteiger charge is 2.37. The Morgan fingerprint density at radius 3 is 2.25 bits per heavy atom. The highest BCUT2D eigenvalue weighted by Crippen LogP contribution is 2.38. The van der Waals surface area contributed by atoms with Crippen molar-refractivity contribution in [3.63, 3.8) is 0 Å². The molecule has 124 valence electrons. The van der Waals surface area contributed by atoms with E-state index in [0.717, 1.165) is 21.2 Å². The van der Waals surface area contributed by atoms with Gasteiger partial charge in [-0.15, -0.1) is 0 Å². The van der Waals surface area contributed by atoms with Crippen molar-refractivity contribution < 1.29 is 19.1 Å². The Bertz CT molecular complexity index is 771. The maximum absolute atomic E-state index is 12.2. The van der Waals surface area contributed by atoms with Crippen LogP contribution in [0, 0.1) is 0 Å². The lowest BCUT2D eigenvalue weighted by Gasteiger charge is -2.28. The van der Waals surface area contributed by atoms with E-state index in [1.165, 1.54) is 20.2 Å². The molecule has 0 atom stereocenters. The van der Waals surface area contributed by atoms with E-state index in [-0.39, 0.29) is 5.57 Å². The Balaban J connectivity index is 1.95. The quantitative estimate of drug-likeness (QED) is 0.611.